The van der Waals surface area contributed by atoms with Crippen molar-refractivity contribution in [3.63, 3.8) is 0 Å². The summed E-state index contributed by atoms with van der Waals surface area (Å²) in [5, 5.41) is 8.39. The average Bonchev–Trinajstić information content (AvgIpc) is 3.24. The van der Waals surface area contributed by atoms with Gasteiger partial charge in [-0.05, 0) is 25.0 Å². The predicted octanol–water partition coefficient (Wildman–Crippen LogP) is 2.61. The van der Waals surface area contributed by atoms with Crippen LogP contribution >= 0.6 is 11.3 Å². The first-order chi connectivity index (χ1) is 12.1. The number of hydrogen-bond acceptors (Lipinski definition) is 5. The Morgan fingerprint density at radius 3 is 3.04 bits per heavy atom. The molecule has 3 rings (SSSR count). The number of rotatable bonds is 6. The van der Waals surface area contributed by atoms with Crippen molar-refractivity contribution in [1.29, 1.82) is 0 Å². The number of aromatic nitrogens is 1. The molecule has 2 amide bonds. The Balaban J connectivity index is 1.58. The zero-order valence-electron chi connectivity index (χ0n) is 14.1. The first kappa shape index (κ1) is 17.6. The van der Waals surface area contributed by atoms with Gasteiger partial charge in [0.05, 0.1) is 18.2 Å². The molecule has 0 radical (unpaired) electrons. The zero-order chi connectivity index (χ0) is 17.6. The third-order valence-electron chi connectivity index (χ3n) is 3.87. The molecule has 0 saturated carbocycles. The molecule has 2 heterocycles. The Kier molecular flexibility index (Phi) is 5.78. The zero-order valence-corrected chi connectivity index (χ0v) is 14.9. The summed E-state index contributed by atoms with van der Waals surface area (Å²) in [5.74, 6) is -0.153. The Bertz CT molecular complexity index is 754. The van der Waals surface area contributed by atoms with Crippen molar-refractivity contribution in [3.8, 4) is 10.6 Å². The molecule has 132 valence electrons. The van der Waals surface area contributed by atoms with Crippen LogP contribution in [0.1, 0.15) is 25.5 Å². The van der Waals surface area contributed by atoms with E-state index >= 15 is 0 Å². The number of hydrogen-bond donors (Lipinski definition) is 2. The van der Waals surface area contributed by atoms with Gasteiger partial charge in [0.1, 0.15) is 5.01 Å². The standard InChI is InChI=1S/C18H21N3O3S/c1-12(22)20-14-5-2-4-13(8-14)18-21-15(11-25-18)9-17(23)19-10-16-6-3-7-24-16/h2,4-5,8,11,16H,3,6-7,9-10H2,1H3,(H,19,23)(H,20,22). The van der Waals surface area contributed by atoms with E-state index in [0.717, 1.165) is 41.4 Å². The Morgan fingerprint density at radius 1 is 1.40 bits per heavy atom. The maximum absolute atomic E-state index is 12.0. The van der Waals surface area contributed by atoms with Crippen LogP contribution in [0.2, 0.25) is 0 Å². The summed E-state index contributed by atoms with van der Waals surface area (Å²) in [7, 11) is 0. The Hall–Kier alpha value is -2.25. The molecule has 7 heteroatoms. The molecule has 1 fully saturated rings. The lowest BCUT2D eigenvalue weighted by Crippen LogP contribution is -2.32. The fourth-order valence-corrected chi connectivity index (χ4v) is 3.53. The molecule has 0 bridgehead atoms. The van der Waals surface area contributed by atoms with Crippen molar-refractivity contribution in [3.05, 3.63) is 35.3 Å². The van der Waals surface area contributed by atoms with Crippen LogP contribution in [0.15, 0.2) is 29.6 Å². The maximum atomic E-state index is 12.0. The van der Waals surface area contributed by atoms with E-state index < -0.39 is 0 Å². The van der Waals surface area contributed by atoms with Gasteiger partial charge in [-0.25, -0.2) is 4.98 Å². The van der Waals surface area contributed by atoms with E-state index in [0.29, 0.717) is 6.54 Å². The molecule has 1 unspecified atom stereocenters. The van der Waals surface area contributed by atoms with Crippen LogP contribution in [0.3, 0.4) is 0 Å². The van der Waals surface area contributed by atoms with Crippen LogP contribution in [-0.4, -0.2) is 36.1 Å². The summed E-state index contributed by atoms with van der Waals surface area (Å²) in [5.41, 5.74) is 2.40. The lowest BCUT2D eigenvalue weighted by molar-refractivity contribution is -0.121. The van der Waals surface area contributed by atoms with Crippen molar-refractivity contribution in [1.82, 2.24) is 10.3 Å². The second-order valence-electron chi connectivity index (χ2n) is 6.02. The summed E-state index contributed by atoms with van der Waals surface area (Å²) in [6.07, 6.45) is 2.47. The number of benzene rings is 1. The largest absolute Gasteiger partial charge is 0.376 e. The van der Waals surface area contributed by atoms with Crippen LogP contribution in [-0.2, 0) is 20.7 Å². The summed E-state index contributed by atoms with van der Waals surface area (Å²) in [6.45, 7) is 2.82. The number of thiazole rings is 1. The van der Waals surface area contributed by atoms with Gasteiger partial charge < -0.3 is 15.4 Å². The van der Waals surface area contributed by atoms with E-state index in [4.69, 9.17) is 4.74 Å². The molecular formula is C18H21N3O3S. The van der Waals surface area contributed by atoms with Crippen molar-refractivity contribution < 1.29 is 14.3 Å². The third kappa shape index (κ3) is 5.11. The highest BCUT2D eigenvalue weighted by atomic mass is 32.1. The van der Waals surface area contributed by atoms with Gasteiger partial charge >= 0.3 is 0 Å². The third-order valence-corrected chi connectivity index (χ3v) is 4.81. The molecule has 0 spiro atoms. The number of amides is 2. The van der Waals surface area contributed by atoms with Gasteiger partial charge in [-0.15, -0.1) is 11.3 Å². The monoisotopic (exact) mass is 359 g/mol. The number of nitrogens with zero attached hydrogens (tertiary/aromatic N) is 1. The van der Waals surface area contributed by atoms with Crippen LogP contribution in [0.5, 0.6) is 0 Å². The van der Waals surface area contributed by atoms with Gasteiger partial charge in [0, 0.05) is 36.7 Å². The minimum absolute atomic E-state index is 0.0423. The molecule has 2 aromatic rings. The van der Waals surface area contributed by atoms with Gasteiger partial charge in [0.2, 0.25) is 11.8 Å². The van der Waals surface area contributed by atoms with Gasteiger partial charge in [-0.2, -0.15) is 0 Å². The van der Waals surface area contributed by atoms with E-state index in [1.54, 1.807) is 0 Å². The normalized spacial score (nSPS) is 16.6. The Morgan fingerprint density at radius 2 is 2.28 bits per heavy atom. The molecular weight excluding hydrogens is 338 g/mol. The molecule has 1 atom stereocenters. The quantitative estimate of drug-likeness (QED) is 0.831. The highest BCUT2D eigenvalue weighted by Gasteiger charge is 2.16. The van der Waals surface area contributed by atoms with Gasteiger partial charge in [0.15, 0.2) is 0 Å². The molecule has 1 aliphatic rings. The number of nitrogens with one attached hydrogen (secondary N) is 2. The van der Waals surface area contributed by atoms with Crippen molar-refractivity contribution in [2.75, 3.05) is 18.5 Å². The van der Waals surface area contributed by atoms with E-state index in [2.05, 4.69) is 15.6 Å². The summed E-state index contributed by atoms with van der Waals surface area (Å²) >= 11 is 1.49. The lowest BCUT2D eigenvalue weighted by Gasteiger charge is -2.10. The smallest absolute Gasteiger partial charge is 0.226 e. The van der Waals surface area contributed by atoms with Crippen molar-refractivity contribution >= 4 is 28.8 Å². The Labute approximate surface area is 150 Å². The molecule has 1 aromatic heterocycles. The van der Waals surface area contributed by atoms with Crippen LogP contribution in [0, 0.1) is 0 Å². The molecule has 2 N–H and O–H groups in total. The molecule has 0 aliphatic carbocycles. The number of carbonyl (C=O) groups excluding carboxylic acids is 2. The van der Waals surface area contributed by atoms with E-state index in [1.165, 1.54) is 18.3 Å². The highest BCUT2D eigenvalue weighted by molar-refractivity contribution is 7.13. The molecule has 1 aliphatic heterocycles. The van der Waals surface area contributed by atoms with E-state index in [9.17, 15) is 9.59 Å². The van der Waals surface area contributed by atoms with Crippen LogP contribution < -0.4 is 10.6 Å². The number of anilines is 1. The summed E-state index contributed by atoms with van der Waals surface area (Å²) in [6, 6.07) is 7.51. The second kappa shape index (κ2) is 8.22. The predicted molar refractivity (Wildman–Crippen MR) is 97.5 cm³/mol. The molecule has 6 nitrogen and oxygen atoms in total. The van der Waals surface area contributed by atoms with Gasteiger partial charge in [-0.3, -0.25) is 9.59 Å². The van der Waals surface area contributed by atoms with E-state index in [1.807, 2.05) is 29.6 Å². The number of ether oxygens (including phenoxy) is 1. The second-order valence-corrected chi connectivity index (χ2v) is 6.88. The summed E-state index contributed by atoms with van der Waals surface area (Å²) < 4.78 is 5.50. The van der Waals surface area contributed by atoms with Crippen molar-refractivity contribution in [2.45, 2.75) is 32.3 Å². The van der Waals surface area contributed by atoms with Crippen LogP contribution in [0.25, 0.3) is 10.6 Å². The average molecular weight is 359 g/mol. The first-order valence-corrected chi connectivity index (χ1v) is 9.19. The molecule has 1 aromatic carbocycles. The minimum atomic E-state index is -0.111. The fourth-order valence-electron chi connectivity index (χ4n) is 2.71. The van der Waals surface area contributed by atoms with Gasteiger partial charge in [0.25, 0.3) is 0 Å². The highest BCUT2D eigenvalue weighted by Crippen LogP contribution is 2.26. The minimum Gasteiger partial charge on any atom is -0.376 e. The van der Waals surface area contributed by atoms with Crippen molar-refractivity contribution in [2.24, 2.45) is 0 Å². The fraction of sp³-hybridized carbons (Fsp3) is 0.389. The number of carbonyl (C=O) groups is 2. The maximum Gasteiger partial charge on any atom is 0.226 e. The lowest BCUT2D eigenvalue weighted by atomic mass is 10.2. The topological polar surface area (TPSA) is 80.3 Å². The SMILES string of the molecule is CC(=O)Nc1cccc(-c2nc(CC(=O)NCC3CCCO3)cs2)c1. The van der Waals surface area contributed by atoms with Gasteiger partial charge in [-0.1, -0.05) is 12.1 Å². The van der Waals surface area contributed by atoms with E-state index in [-0.39, 0.29) is 24.3 Å². The summed E-state index contributed by atoms with van der Waals surface area (Å²) in [4.78, 5) is 27.7. The molecule has 1 saturated heterocycles. The first-order valence-electron chi connectivity index (χ1n) is 8.31. The molecule has 25 heavy (non-hydrogen) atoms. The van der Waals surface area contributed by atoms with Crippen LogP contribution in [0.4, 0.5) is 5.69 Å².